The van der Waals surface area contributed by atoms with E-state index in [2.05, 4.69) is 0 Å². The molecular weight excluding hydrogens is 224 g/mol. The van der Waals surface area contributed by atoms with Gasteiger partial charge in [0.1, 0.15) is 17.4 Å². The Morgan fingerprint density at radius 2 is 1.88 bits per heavy atom. The molecule has 1 fully saturated rings. The van der Waals surface area contributed by atoms with Gasteiger partial charge in [0, 0.05) is 24.9 Å². The second kappa shape index (κ2) is 4.92. The lowest BCUT2D eigenvalue weighted by molar-refractivity contribution is -0.118. The lowest BCUT2D eigenvalue weighted by Crippen LogP contribution is -2.26. The Hall–Kier alpha value is -1.29. The van der Waals surface area contributed by atoms with Gasteiger partial charge in [0.05, 0.1) is 0 Å². The summed E-state index contributed by atoms with van der Waals surface area (Å²) in [6.45, 7) is 0. The standard InChI is InChI=1S/C13H15F2NO/c14-10-3-8(4-11(15)6-10)5-12(17)7-13(16)9-1-2-9/h3-4,6,9,13H,1-2,5,7,16H2. The van der Waals surface area contributed by atoms with Crippen LogP contribution in [0.4, 0.5) is 8.78 Å². The van der Waals surface area contributed by atoms with Gasteiger partial charge in [-0.25, -0.2) is 8.78 Å². The molecule has 2 N–H and O–H groups in total. The molecule has 1 unspecified atom stereocenters. The molecule has 1 saturated carbocycles. The van der Waals surface area contributed by atoms with Crippen molar-refractivity contribution >= 4 is 5.78 Å². The molecule has 0 bridgehead atoms. The van der Waals surface area contributed by atoms with Gasteiger partial charge >= 0.3 is 0 Å². The summed E-state index contributed by atoms with van der Waals surface area (Å²) in [5.74, 6) is -0.906. The highest BCUT2D eigenvalue weighted by molar-refractivity contribution is 5.81. The fourth-order valence-corrected chi connectivity index (χ4v) is 1.97. The predicted molar refractivity (Wildman–Crippen MR) is 60.4 cm³/mol. The van der Waals surface area contributed by atoms with Crippen LogP contribution in [0.15, 0.2) is 18.2 Å². The Morgan fingerprint density at radius 3 is 2.41 bits per heavy atom. The first-order valence-electron chi connectivity index (χ1n) is 5.77. The SMILES string of the molecule is NC(CC(=O)Cc1cc(F)cc(F)c1)C1CC1. The van der Waals surface area contributed by atoms with Crippen LogP contribution in [-0.4, -0.2) is 11.8 Å². The molecule has 1 aliphatic rings. The van der Waals surface area contributed by atoms with Crippen molar-refractivity contribution in [1.82, 2.24) is 0 Å². The molecular formula is C13H15F2NO. The van der Waals surface area contributed by atoms with Crippen LogP contribution >= 0.6 is 0 Å². The maximum absolute atomic E-state index is 12.9. The van der Waals surface area contributed by atoms with E-state index in [0.717, 1.165) is 18.9 Å². The zero-order chi connectivity index (χ0) is 12.4. The molecule has 0 saturated heterocycles. The van der Waals surface area contributed by atoms with Gasteiger partial charge in [-0.3, -0.25) is 4.79 Å². The Bertz CT molecular complexity index is 409. The number of hydrogen-bond donors (Lipinski definition) is 1. The summed E-state index contributed by atoms with van der Waals surface area (Å²) in [5, 5.41) is 0. The van der Waals surface area contributed by atoms with Crippen molar-refractivity contribution in [2.75, 3.05) is 0 Å². The Morgan fingerprint density at radius 1 is 1.29 bits per heavy atom. The van der Waals surface area contributed by atoms with E-state index in [-0.39, 0.29) is 18.2 Å². The summed E-state index contributed by atoms with van der Waals surface area (Å²) in [4.78, 5) is 11.7. The van der Waals surface area contributed by atoms with E-state index in [9.17, 15) is 13.6 Å². The maximum atomic E-state index is 12.9. The topological polar surface area (TPSA) is 43.1 Å². The van der Waals surface area contributed by atoms with E-state index in [1.54, 1.807) is 0 Å². The zero-order valence-electron chi connectivity index (χ0n) is 9.46. The largest absolute Gasteiger partial charge is 0.327 e. The van der Waals surface area contributed by atoms with Crippen LogP contribution in [0.3, 0.4) is 0 Å². The molecule has 1 aromatic rings. The van der Waals surface area contributed by atoms with Crippen LogP contribution in [0.25, 0.3) is 0 Å². The molecule has 2 nitrogen and oxygen atoms in total. The average Bonchev–Trinajstić information content (AvgIpc) is 2.97. The number of hydrogen-bond acceptors (Lipinski definition) is 2. The molecule has 0 amide bonds. The minimum Gasteiger partial charge on any atom is -0.327 e. The summed E-state index contributed by atoms with van der Waals surface area (Å²) < 4.78 is 25.8. The Balaban J connectivity index is 1.92. The summed E-state index contributed by atoms with van der Waals surface area (Å²) in [6, 6.07) is 3.07. The van der Waals surface area contributed by atoms with E-state index in [1.165, 1.54) is 12.1 Å². The fraction of sp³-hybridized carbons (Fsp3) is 0.462. The number of rotatable bonds is 5. The van der Waals surface area contributed by atoms with E-state index < -0.39 is 11.6 Å². The molecule has 2 rings (SSSR count). The molecule has 1 atom stereocenters. The van der Waals surface area contributed by atoms with Crippen molar-refractivity contribution in [1.29, 1.82) is 0 Å². The molecule has 0 radical (unpaired) electrons. The number of ketones is 1. The number of halogens is 2. The molecule has 0 aliphatic heterocycles. The van der Waals surface area contributed by atoms with Crippen molar-refractivity contribution in [3.8, 4) is 0 Å². The number of carbonyl (C=O) groups excluding carboxylic acids is 1. The van der Waals surface area contributed by atoms with Crippen molar-refractivity contribution in [3.63, 3.8) is 0 Å². The van der Waals surface area contributed by atoms with E-state index in [1.807, 2.05) is 0 Å². The molecule has 0 heterocycles. The van der Waals surface area contributed by atoms with Crippen LogP contribution < -0.4 is 5.73 Å². The molecule has 1 aromatic carbocycles. The number of carbonyl (C=O) groups is 1. The van der Waals surface area contributed by atoms with Crippen molar-refractivity contribution in [3.05, 3.63) is 35.4 Å². The van der Waals surface area contributed by atoms with E-state index in [0.29, 0.717) is 17.9 Å². The van der Waals surface area contributed by atoms with Crippen LogP contribution in [0.5, 0.6) is 0 Å². The predicted octanol–water partition coefficient (Wildman–Crippen LogP) is 2.20. The second-order valence-electron chi connectivity index (χ2n) is 4.70. The van der Waals surface area contributed by atoms with Crippen molar-refractivity contribution in [2.24, 2.45) is 11.7 Å². The molecule has 1 aliphatic carbocycles. The van der Waals surface area contributed by atoms with E-state index >= 15 is 0 Å². The number of benzene rings is 1. The summed E-state index contributed by atoms with van der Waals surface area (Å²) >= 11 is 0. The maximum Gasteiger partial charge on any atom is 0.138 e. The lowest BCUT2D eigenvalue weighted by Gasteiger charge is -2.09. The highest BCUT2D eigenvalue weighted by Gasteiger charge is 2.29. The van der Waals surface area contributed by atoms with Gasteiger partial charge in [-0.1, -0.05) is 0 Å². The zero-order valence-corrected chi connectivity index (χ0v) is 9.46. The fourth-order valence-electron chi connectivity index (χ4n) is 1.97. The van der Waals surface area contributed by atoms with Gasteiger partial charge in [-0.2, -0.15) is 0 Å². The second-order valence-corrected chi connectivity index (χ2v) is 4.70. The average molecular weight is 239 g/mol. The lowest BCUT2D eigenvalue weighted by atomic mass is 10.0. The minimum absolute atomic E-state index is 0.0507. The molecule has 17 heavy (non-hydrogen) atoms. The minimum atomic E-state index is -0.653. The molecule has 4 heteroatoms. The normalized spacial score (nSPS) is 16.9. The van der Waals surface area contributed by atoms with Crippen LogP contribution in [0, 0.1) is 17.6 Å². The molecule has 92 valence electrons. The van der Waals surface area contributed by atoms with E-state index in [4.69, 9.17) is 5.73 Å². The Kier molecular flexibility index (Phi) is 3.52. The quantitative estimate of drug-likeness (QED) is 0.856. The highest BCUT2D eigenvalue weighted by atomic mass is 19.1. The first-order valence-corrected chi connectivity index (χ1v) is 5.77. The van der Waals surface area contributed by atoms with Crippen molar-refractivity contribution in [2.45, 2.75) is 31.7 Å². The number of Topliss-reactive ketones (excluding diaryl/α,β-unsaturated/α-hetero) is 1. The van der Waals surface area contributed by atoms with Gasteiger partial charge in [0.15, 0.2) is 0 Å². The first-order chi connectivity index (χ1) is 8.04. The van der Waals surface area contributed by atoms with Gasteiger partial charge in [0.25, 0.3) is 0 Å². The summed E-state index contributed by atoms with van der Waals surface area (Å²) in [7, 11) is 0. The third-order valence-corrected chi connectivity index (χ3v) is 3.01. The van der Waals surface area contributed by atoms with Crippen molar-refractivity contribution < 1.29 is 13.6 Å². The third-order valence-electron chi connectivity index (χ3n) is 3.01. The molecule has 0 spiro atoms. The Labute approximate surface area is 98.8 Å². The smallest absolute Gasteiger partial charge is 0.138 e. The van der Waals surface area contributed by atoms with Gasteiger partial charge in [0.2, 0.25) is 0 Å². The summed E-state index contributed by atoms with van der Waals surface area (Å²) in [6.07, 6.45) is 2.52. The monoisotopic (exact) mass is 239 g/mol. The molecule has 0 aromatic heterocycles. The van der Waals surface area contributed by atoms with Gasteiger partial charge in [-0.15, -0.1) is 0 Å². The highest BCUT2D eigenvalue weighted by Crippen LogP contribution is 2.32. The van der Waals surface area contributed by atoms with Crippen LogP contribution in [-0.2, 0) is 11.2 Å². The van der Waals surface area contributed by atoms with Gasteiger partial charge < -0.3 is 5.73 Å². The first kappa shape index (κ1) is 12.2. The third kappa shape index (κ3) is 3.60. The number of nitrogens with two attached hydrogens (primary N) is 1. The van der Waals surface area contributed by atoms with Gasteiger partial charge in [-0.05, 0) is 36.5 Å². The van der Waals surface area contributed by atoms with Crippen LogP contribution in [0.1, 0.15) is 24.8 Å². The summed E-state index contributed by atoms with van der Waals surface area (Å²) in [5.41, 5.74) is 6.20. The van der Waals surface area contributed by atoms with Crippen LogP contribution in [0.2, 0.25) is 0 Å².